The number of para-hydroxylation sites is 1. The van der Waals surface area contributed by atoms with Gasteiger partial charge in [-0.2, -0.15) is 0 Å². The van der Waals surface area contributed by atoms with Crippen molar-refractivity contribution < 1.29 is 19.4 Å². The third-order valence-corrected chi connectivity index (χ3v) is 6.25. The highest BCUT2D eigenvalue weighted by Crippen LogP contribution is 2.40. The number of benzene rings is 5. The van der Waals surface area contributed by atoms with Crippen molar-refractivity contribution in [3.05, 3.63) is 120 Å². The molecule has 8 nitrogen and oxygen atoms in total. The van der Waals surface area contributed by atoms with Crippen LogP contribution in [0, 0.1) is 6.92 Å². The van der Waals surface area contributed by atoms with Crippen LogP contribution in [0.1, 0.15) is 26.3 Å². The highest BCUT2D eigenvalue weighted by atomic mass is 16.5. The maximum atomic E-state index is 13.2. The van der Waals surface area contributed by atoms with Crippen molar-refractivity contribution in [3.8, 4) is 11.5 Å². The lowest BCUT2D eigenvalue weighted by molar-refractivity contribution is 0.101. The standard InChI is InChI=1S/C32H26N4O4/c1-20-9-8-13-24(17-20)34-32(39)26-18-21-10-6-7-14-25(21)29(30(26)37)36-35-27-19-22(15-16-28(27)40-2)31(38)33-23-11-4-3-5-12-23/h3-19,37H,1-2H3,(H,33,38)(H,34,39). The summed E-state index contributed by atoms with van der Waals surface area (Å²) in [6.45, 7) is 1.93. The number of carbonyl (C=O) groups excluding carboxylic acids is 2. The molecule has 0 aliphatic carbocycles. The number of phenolic OH excluding ortho intramolecular Hbond substituents is 1. The van der Waals surface area contributed by atoms with E-state index in [1.807, 2.05) is 61.5 Å². The number of hydrogen-bond acceptors (Lipinski definition) is 6. The fourth-order valence-corrected chi connectivity index (χ4v) is 4.25. The van der Waals surface area contributed by atoms with E-state index in [0.29, 0.717) is 33.5 Å². The van der Waals surface area contributed by atoms with Gasteiger partial charge in [0.05, 0.1) is 12.7 Å². The van der Waals surface area contributed by atoms with Gasteiger partial charge in [-0.25, -0.2) is 0 Å². The molecule has 0 saturated carbocycles. The number of methoxy groups -OCH3 is 1. The first-order chi connectivity index (χ1) is 19.4. The number of carbonyl (C=O) groups is 2. The zero-order chi connectivity index (χ0) is 28.1. The van der Waals surface area contributed by atoms with Crippen LogP contribution in [0.5, 0.6) is 11.5 Å². The molecule has 0 heterocycles. The number of ether oxygens (including phenoxy) is 1. The fraction of sp³-hybridized carbons (Fsp3) is 0.0625. The number of azo groups is 1. The van der Waals surface area contributed by atoms with Crippen LogP contribution in [0.15, 0.2) is 113 Å². The lowest BCUT2D eigenvalue weighted by Crippen LogP contribution is -2.12. The van der Waals surface area contributed by atoms with Gasteiger partial charge in [0, 0.05) is 22.3 Å². The zero-order valence-corrected chi connectivity index (χ0v) is 21.9. The van der Waals surface area contributed by atoms with Crippen molar-refractivity contribution in [1.82, 2.24) is 0 Å². The summed E-state index contributed by atoms with van der Waals surface area (Å²) in [5, 5.41) is 26.8. The first-order valence-electron chi connectivity index (χ1n) is 12.5. The van der Waals surface area contributed by atoms with E-state index >= 15 is 0 Å². The zero-order valence-electron chi connectivity index (χ0n) is 21.9. The normalized spacial score (nSPS) is 10.9. The van der Waals surface area contributed by atoms with E-state index in [9.17, 15) is 14.7 Å². The SMILES string of the molecule is COc1ccc(C(=O)Nc2ccccc2)cc1N=Nc1c(O)c(C(=O)Nc2cccc(C)c2)cc2ccccc12. The van der Waals surface area contributed by atoms with Gasteiger partial charge in [-0.3, -0.25) is 9.59 Å². The molecular formula is C32H26N4O4. The number of aryl methyl sites for hydroxylation is 1. The smallest absolute Gasteiger partial charge is 0.259 e. The maximum absolute atomic E-state index is 13.2. The Morgan fingerprint density at radius 3 is 2.25 bits per heavy atom. The van der Waals surface area contributed by atoms with Crippen LogP contribution in [0.4, 0.5) is 22.7 Å². The van der Waals surface area contributed by atoms with E-state index in [2.05, 4.69) is 20.9 Å². The van der Waals surface area contributed by atoms with Crippen LogP contribution in [-0.4, -0.2) is 24.0 Å². The van der Waals surface area contributed by atoms with Crippen molar-refractivity contribution >= 4 is 45.3 Å². The minimum atomic E-state index is -0.484. The van der Waals surface area contributed by atoms with E-state index in [4.69, 9.17) is 4.74 Å². The van der Waals surface area contributed by atoms with Gasteiger partial charge < -0.3 is 20.5 Å². The Labute approximate surface area is 231 Å². The van der Waals surface area contributed by atoms with Crippen LogP contribution < -0.4 is 15.4 Å². The van der Waals surface area contributed by atoms with Crippen LogP contribution in [-0.2, 0) is 0 Å². The monoisotopic (exact) mass is 530 g/mol. The molecule has 0 radical (unpaired) electrons. The molecule has 0 aliphatic heterocycles. The maximum Gasteiger partial charge on any atom is 0.259 e. The van der Waals surface area contributed by atoms with E-state index in [1.165, 1.54) is 7.11 Å². The number of hydrogen-bond donors (Lipinski definition) is 3. The Hall–Kier alpha value is -5.50. The Morgan fingerprint density at radius 2 is 1.48 bits per heavy atom. The second kappa shape index (κ2) is 11.5. The third-order valence-electron chi connectivity index (χ3n) is 6.25. The van der Waals surface area contributed by atoms with Gasteiger partial charge in [-0.1, -0.05) is 54.6 Å². The number of phenols is 1. The number of amides is 2. The summed E-state index contributed by atoms with van der Waals surface area (Å²) in [7, 11) is 1.49. The number of nitrogens with one attached hydrogen (secondary N) is 2. The van der Waals surface area contributed by atoms with Crippen LogP contribution in [0.3, 0.4) is 0 Å². The third kappa shape index (κ3) is 5.66. The molecule has 0 bridgehead atoms. The van der Waals surface area contributed by atoms with E-state index in [0.717, 1.165) is 5.56 Å². The number of nitrogens with zero attached hydrogens (tertiary/aromatic N) is 2. The topological polar surface area (TPSA) is 112 Å². The predicted molar refractivity (Wildman–Crippen MR) is 156 cm³/mol. The average Bonchev–Trinajstić information content (AvgIpc) is 2.96. The molecule has 0 spiro atoms. The molecule has 40 heavy (non-hydrogen) atoms. The molecular weight excluding hydrogens is 504 g/mol. The van der Waals surface area contributed by atoms with E-state index in [-0.39, 0.29) is 28.6 Å². The molecule has 0 aliphatic rings. The molecule has 2 amide bonds. The second-order valence-electron chi connectivity index (χ2n) is 9.07. The summed E-state index contributed by atoms with van der Waals surface area (Å²) < 4.78 is 5.43. The number of aromatic hydroxyl groups is 1. The van der Waals surface area contributed by atoms with Crippen LogP contribution in [0.2, 0.25) is 0 Å². The Bertz CT molecular complexity index is 1750. The highest BCUT2D eigenvalue weighted by Gasteiger charge is 2.19. The van der Waals surface area contributed by atoms with Gasteiger partial charge in [-0.05, 0) is 66.4 Å². The van der Waals surface area contributed by atoms with Crippen molar-refractivity contribution in [3.63, 3.8) is 0 Å². The summed E-state index contributed by atoms with van der Waals surface area (Å²) in [6.07, 6.45) is 0. The first-order valence-corrected chi connectivity index (χ1v) is 12.5. The lowest BCUT2D eigenvalue weighted by atomic mass is 10.0. The number of fused-ring (bicyclic) bond motifs is 1. The summed E-state index contributed by atoms with van der Waals surface area (Å²) in [5.74, 6) is -0.738. The molecule has 5 aromatic carbocycles. The highest BCUT2D eigenvalue weighted by molar-refractivity contribution is 6.11. The second-order valence-corrected chi connectivity index (χ2v) is 9.07. The Morgan fingerprint density at radius 1 is 0.750 bits per heavy atom. The Kier molecular flexibility index (Phi) is 7.50. The van der Waals surface area contributed by atoms with Crippen LogP contribution in [0.25, 0.3) is 10.8 Å². The molecule has 0 aromatic heterocycles. The lowest BCUT2D eigenvalue weighted by Gasteiger charge is -2.12. The molecule has 3 N–H and O–H groups in total. The quantitative estimate of drug-likeness (QED) is 0.186. The molecule has 0 saturated heterocycles. The fourth-order valence-electron chi connectivity index (χ4n) is 4.25. The van der Waals surface area contributed by atoms with Gasteiger partial charge in [0.25, 0.3) is 11.8 Å². The number of anilines is 2. The van der Waals surface area contributed by atoms with Crippen molar-refractivity contribution in [2.24, 2.45) is 10.2 Å². The van der Waals surface area contributed by atoms with E-state index in [1.54, 1.807) is 48.5 Å². The minimum Gasteiger partial charge on any atom is -0.505 e. The van der Waals surface area contributed by atoms with Gasteiger partial charge >= 0.3 is 0 Å². The van der Waals surface area contributed by atoms with Gasteiger partial charge in [0.1, 0.15) is 17.1 Å². The summed E-state index contributed by atoms with van der Waals surface area (Å²) in [5.41, 5.74) is 3.05. The van der Waals surface area contributed by atoms with Gasteiger partial charge in [0.15, 0.2) is 5.75 Å². The van der Waals surface area contributed by atoms with Crippen molar-refractivity contribution in [2.75, 3.05) is 17.7 Å². The summed E-state index contributed by atoms with van der Waals surface area (Å²) in [4.78, 5) is 26.0. The van der Waals surface area contributed by atoms with Gasteiger partial charge in [-0.15, -0.1) is 10.2 Å². The first kappa shape index (κ1) is 26.1. The van der Waals surface area contributed by atoms with E-state index < -0.39 is 5.91 Å². The predicted octanol–water partition coefficient (Wildman–Crippen LogP) is 7.78. The molecule has 0 unspecified atom stereocenters. The average molecular weight is 531 g/mol. The summed E-state index contributed by atoms with van der Waals surface area (Å²) >= 11 is 0. The Balaban J connectivity index is 1.51. The molecule has 0 atom stereocenters. The van der Waals surface area contributed by atoms with Crippen molar-refractivity contribution in [2.45, 2.75) is 6.92 Å². The largest absolute Gasteiger partial charge is 0.505 e. The van der Waals surface area contributed by atoms with Crippen molar-refractivity contribution in [1.29, 1.82) is 0 Å². The number of rotatable bonds is 7. The molecule has 5 rings (SSSR count). The molecule has 0 fully saturated rings. The summed E-state index contributed by atoms with van der Waals surface area (Å²) in [6, 6.07) is 30.1. The van der Waals surface area contributed by atoms with Crippen LogP contribution >= 0.6 is 0 Å². The molecule has 8 heteroatoms. The van der Waals surface area contributed by atoms with Gasteiger partial charge in [0.2, 0.25) is 0 Å². The molecule has 5 aromatic rings. The molecule has 198 valence electrons. The minimum absolute atomic E-state index is 0.0529.